The van der Waals surface area contributed by atoms with Crippen LogP contribution in [0, 0.1) is 15.5 Å². The summed E-state index contributed by atoms with van der Waals surface area (Å²) in [6.07, 6.45) is 3.37. The number of carbonyl (C=O) groups is 1. The maximum absolute atomic E-state index is 12.9. The van der Waals surface area contributed by atoms with E-state index in [4.69, 9.17) is 10.5 Å². The lowest BCUT2D eigenvalue weighted by Crippen LogP contribution is -2.50. The van der Waals surface area contributed by atoms with Crippen molar-refractivity contribution in [2.75, 3.05) is 38.2 Å². The molecule has 0 bridgehead atoms. The average Bonchev–Trinajstić information content (AvgIpc) is 3.10. The fourth-order valence-electron chi connectivity index (χ4n) is 3.45. The number of aromatic nitrogens is 1. The van der Waals surface area contributed by atoms with Crippen LogP contribution in [0.2, 0.25) is 0 Å². The Labute approximate surface area is 145 Å². The normalized spacial score (nSPS) is 22.6. The lowest BCUT2D eigenvalue weighted by molar-refractivity contribution is -0.385. The van der Waals surface area contributed by atoms with E-state index >= 15 is 0 Å². The van der Waals surface area contributed by atoms with E-state index in [1.165, 1.54) is 12.3 Å². The van der Waals surface area contributed by atoms with Crippen LogP contribution in [-0.2, 0) is 9.53 Å². The fourth-order valence-corrected chi connectivity index (χ4v) is 3.45. The summed E-state index contributed by atoms with van der Waals surface area (Å²) in [4.78, 5) is 29.1. The van der Waals surface area contributed by atoms with Crippen LogP contribution >= 0.6 is 0 Å². The summed E-state index contributed by atoms with van der Waals surface area (Å²) < 4.78 is 5.37. The van der Waals surface area contributed by atoms with Gasteiger partial charge in [-0.15, -0.1) is 0 Å². The summed E-state index contributed by atoms with van der Waals surface area (Å²) in [6, 6.07) is 3.08. The molecule has 3 heterocycles. The topological polar surface area (TPSA) is 124 Å². The second-order valence-electron chi connectivity index (χ2n) is 6.64. The number of nitro groups is 1. The van der Waals surface area contributed by atoms with Gasteiger partial charge in [-0.1, -0.05) is 0 Å². The summed E-state index contributed by atoms with van der Waals surface area (Å²) in [6.45, 7) is 2.75. The third-order valence-corrected chi connectivity index (χ3v) is 5.08. The van der Waals surface area contributed by atoms with E-state index in [0.29, 0.717) is 51.5 Å². The zero-order chi connectivity index (χ0) is 17.9. The van der Waals surface area contributed by atoms with Gasteiger partial charge in [0, 0.05) is 45.0 Å². The molecule has 9 nitrogen and oxygen atoms in total. The van der Waals surface area contributed by atoms with Gasteiger partial charge < -0.3 is 20.7 Å². The first-order valence-electron chi connectivity index (χ1n) is 8.48. The van der Waals surface area contributed by atoms with E-state index in [2.05, 4.69) is 10.3 Å². The molecule has 1 amide bonds. The number of pyridine rings is 1. The van der Waals surface area contributed by atoms with Crippen molar-refractivity contribution >= 4 is 17.4 Å². The van der Waals surface area contributed by atoms with E-state index in [1.54, 1.807) is 6.07 Å². The highest BCUT2D eigenvalue weighted by Crippen LogP contribution is 2.33. The van der Waals surface area contributed by atoms with E-state index in [-0.39, 0.29) is 17.6 Å². The van der Waals surface area contributed by atoms with Gasteiger partial charge in [0.2, 0.25) is 5.91 Å². The van der Waals surface area contributed by atoms with Crippen LogP contribution in [0.4, 0.5) is 11.5 Å². The summed E-state index contributed by atoms with van der Waals surface area (Å²) >= 11 is 0. The molecule has 2 aliphatic heterocycles. The number of likely N-dealkylation sites (tertiary alicyclic amines) is 1. The highest BCUT2D eigenvalue weighted by atomic mass is 16.6. The van der Waals surface area contributed by atoms with Crippen molar-refractivity contribution in [3.63, 3.8) is 0 Å². The van der Waals surface area contributed by atoms with E-state index in [0.717, 1.165) is 6.42 Å². The molecule has 1 aromatic heterocycles. The van der Waals surface area contributed by atoms with Crippen molar-refractivity contribution in [3.8, 4) is 0 Å². The zero-order valence-electron chi connectivity index (χ0n) is 14.0. The Morgan fingerprint density at radius 3 is 2.84 bits per heavy atom. The lowest BCUT2D eigenvalue weighted by Gasteiger charge is -2.37. The molecule has 0 aliphatic carbocycles. The van der Waals surface area contributed by atoms with Crippen LogP contribution in [-0.4, -0.2) is 59.6 Å². The Morgan fingerprint density at radius 1 is 1.48 bits per heavy atom. The average molecular weight is 349 g/mol. The SMILES string of the molecule is NCC1(C(=O)N2CCC(Nc3ccc([N+](=O)[O-])cn3)C2)CCOCC1. The van der Waals surface area contributed by atoms with Crippen molar-refractivity contribution in [2.24, 2.45) is 11.1 Å². The molecule has 1 atom stereocenters. The molecule has 0 spiro atoms. The summed E-state index contributed by atoms with van der Waals surface area (Å²) in [5.74, 6) is 0.684. The maximum atomic E-state index is 12.9. The number of anilines is 1. The summed E-state index contributed by atoms with van der Waals surface area (Å²) in [7, 11) is 0. The predicted molar refractivity (Wildman–Crippen MR) is 91.0 cm³/mol. The Bertz CT molecular complexity index is 630. The van der Waals surface area contributed by atoms with Crippen LogP contribution in [0.5, 0.6) is 0 Å². The van der Waals surface area contributed by atoms with Crippen LogP contribution in [0.1, 0.15) is 19.3 Å². The van der Waals surface area contributed by atoms with Gasteiger partial charge in [-0.2, -0.15) is 0 Å². The molecule has 136 valence electrons. The molecular weight excluding hydrogens is 326 g/mol. The molecule has 0 radical (unpaired) electrons. The highest BCUT2D eigenvalue weighted by molar-refractivity contribution is 5.83. The first-order chi connectivity index (χ1) is 12.0. The third-order valence-electron chi connectivity index (χ3n) is 5.08. The smallest absolute Gasteiger partial charge is 0.287 e. The first kappa shape index (κ1) is 17.6. The molecule has 0 saturated carbocycles. The molecule has 9 heteroatoms. The molecule has 0 aromatic carbocycles. The van der Waals surface area contributed by atoms with Gasteiger partial charge in [0.1, 0.15) is 12.0 Å². The second kappa shape index (κ2) is 7.32. The number of carbonyl (C=O) groups excluding carboxylic acids is 1. The molecule has 3 rings (SSSR count). The number of hydrogen-bond acceptors (Lipinski definition) is 7. The molecule has 1 aromatic rings. The van der Waals surface area contributed by atoms with Gasteiger partial charge >= 0.3 is 0 Å². The van der Waals surface area contributed by atoms with Crippen LogP contribution < -0.4 is 11.1 Å². The number of rotatable bonds is 5. The molecule has 3 N–H and O–H groups in total. The van der Waals surface area contributed by atoms with E-state index < -0.39 is 10.3 Å². The maximum Gasteiger partial charge on any atom is 0.287 e. The van der Waals surface area contributed by atoms with Crippen LogP contribution in [0.15, 0.2) is 18.3 Å². The molecular formula is C16H23N5O4. The predicted octanol–water partition coefficient (Wildman–Crippen LogP) is 0.758. The number of nitrogens with one attached hydrogen (secondary N) is 1. The standard InChI is InChI=1S/C16H23N5O4/c17-11-16(4-7-25-8-5-16)15(22)20-6-3-12(10-20)19-14-2-1-13(9-18-14)21(23)24/h1-2,9,12H,3-8,10-11,17H2,(H,18,19). The van der Waals surface area contributed by atoms with Crippen molar-refractivity contribution in [3.05, 3.63) is 28.4 Å². The Balaban J connectivity index is 1.59. The minimum absolute atomic E-state index is 0.0434. The van der Waals surface area contributed by atoms with Gasteiger partial charge in [0.25, 0.3) is 5.69 Å². The van der Waals surface area contributed by atoms with Crippen molar-refractivity contribution in [1.82, 2.24) is 9.88 Å². The van der Waals surface area contributed by atoms with Crippen LogP contribution in [0.25, 0.3) is 0 Å². The lowest BCUT2D eigenvalue weighted by atomic mass is 9.79. The van der Waals surface area contributed by atoms with Crippen molar-refractivity contribution < 1.29 is 14.5 Å². The largest absolute Gasteiger partial charge is 0.381 e. The van der Waals surface area contributed by atoms with E-state index in [1.807, 2.05) is 4.90 Å². The fraction of sp³-hybridized carbons (Fsp3) is 0.625. The van der Waals surface area contributed by atoms with Gasteiger partial charge in [-0.25, -0.2) is 4.98 Å². The van der Waals surface area contributed by atoms with Crippen molar-refractivity contribution in [1.29, 1.82) is 0 Å². The second-order valence-corrected chi connectivity index (χ2v) is 6.64. The first-order valence-corrected chi connectivity index (χ1v) is 8.48. The Hall–Kier alpha value is -2.26. The van der Waals surface area contributed by atoms with Crippen LogP contribution in [0.3, 0.4) is 0 Å². The minimum Gasteiger partial charge on any atom is -0.381 e. The highest BCUT2D eigenvalue weighted by Gasteiger charge is 2.43. The number of hydrogen-bond donors (Lipinski definition) is 2. The number of amides is 1. The molecule has 2 saturated heterocycles. The molecule has 25 heavy (non-hydrogen) atoms. The quantitative estimate of drug-likeness (QED) is 0.594. The Kier molecular flexibility index (Phi) is 5.14. The summed E-state index contributed by atoms with van der Waals surface area (Å²) in [5.41, 5.74) is 5.38. The van der Waals surface area contributed by atoms with Gasteiger partial charge in [0.05, 0.1) is 10.3 Å². The zero-order valence-corrected chi connectivity index (χ0v) is 14.0. The van der Waals surface area contributed by atoms with E-state index in [9.17, 15) is 14.9 Å². The van der Waals surface area contributed by atoms with Gasteiger partial charge in [-0.3, -0.25) is 14.9 Å². The molecule has 1 unspecified atom stereocenters. The summed E-state index contributed by atoms with van der Waals surface area (Å²) in [5, 5.41) is 13.9. The molecule has 2 aliphatic rings. The number of nitrogens with two attached hydrogens (primary N) is 1. The molecule has 2 fully saturated rings. The third kappa shape index (κ3) is 3.72. The monoisotopic (exact) mass is 349 g/mol. The van der Waals surface area contributed by atoms with Crippen molar-refractivity contribution in [2.45, 2.75) is 25.3 Å². The van der Waals surface area contributed by atoms with Gasteiger partial charge in [0.15, 0.2) is 0 Å². The minimum atomic E-state index is -0.501. The van der Waals surface area contributed by atoms with Gasteiger partial charge in [-0.05, 0) is 25.3 Å². The number of ether oxygens (including phenoxy) is 1. The Morgan fingerprint density at radius 2 is 2.24 bits per heavy atom. The number of nitrogens with zero attached hydrogens (tertiary/aromatic N) is 3.